The zero-order valence-corrected chi connectivity index (χ0v) is 9.39. The molecule has 0 spiro atoms. The first-order valence-electron chi connectivity index (χ1n) is 5.18. The Hall–Kier alpha value is -1.000. The summed E-state index contributed by atoms with van der Waals surface area (Å²) >= 11 is 1.69. The molecule has 1 unspecified atom stereocenters. The second-order valence-electron chi connectivity index (χ2n) is 4.10. The van der Waals surface area contributed by atoms with Gasteiger partial charge in [-0.1, -0.05) is 12.1 Å². The van der Waals surface area contributed by atoms with Crippen LogP contribution in [-0.4, -0.2) is 16.6 Å². The summed E-state index contributed by atoms with van der Waals surface area (Å²) in [6.45, 7) is 0. The lowest BCUT2D eigenvalue weighted by Gasteiger charge is -2.17. The van der Waals surface area contributed by atoms with Crippen LogP contribution in [0.3, 0.4) is 0 Å². The second kappa shape index (κ2) is 3.50. The van der Waals surface area contributed by atoms with Gasteiger partial charge in [0.15, 0.2) is 11.4 Å². The number of thioether (sulfide) groups is 1. The predicted octanol–water partition coefficient (Wildman–Crippen LogP) is 2.90. The first-order chi connectivity index (χ1) is 7.69. The van der Waals surface area contributed by atoms with Gasteiger partial charge in [0, 0.05) is 11.1 Å². The molecule has 16 heavy (non-hydrogen) atoms. The molecule has 1 aromatic carbocycles. The van der Waals surface area contributed by atoms with Crippen LogP contribution < -0.4 is 0 Å². The summed E-state index contributed by atoms with van der Waals surface area (Å²) in [7, 11) is 0. The fourth-order valence-electron chi connectivity index (χ4n) is 2.01. The Morgan fingerprint density at radius 3 is 3.00 bits per heavy atom. The van der Waals surface area contributed by atoms with Gasteiger partial charge in [0.1, 0.15) is 11.4 Å². The minimum Gasteiger partial charge on any atom is -0.455 e. The molecule has 1 saturated heterocycles. The lowest BCUT2D eigenvalue weighted by molar-refractivity contribution is 0.0437. The summed E-state index contributed by atoms with van der Waals surface area (Å²) in [6, 6.07) is 6.54. The highest BCUT2D eigenvalue weighted by Gasteiger charge is 2.37. The second-order valence-corrected chi connectivity index (χ2v) is 5.21. The fraction of sp³-hybridized carbons (Fsp3) is 0.333. The Morgan fingerprint density at radius 2 is 2.31 bits per heavy atom. The molecule has 3 rings (SSSR count). The summed E-state index contributed by atoms with van der Waals surface area (Å²) in [6.07, 6.45) is 0.666. The minimum atomic E-state index is -0.921. The number of hydrogen-bond acceptors (Lipinski definition) is 3. The van der Waals surface area contributed by atoms with E-state index in [-0.39, 0.29) is 11.4 Å². The minimum absolute atomic E-state index is 0.239. The van der Waals surface area contributed by atoms with Gasteiger partial charge in [0.2, 0.25) is 0 Å². The number of rotatable bonds is 1. The summed E-state index contributed by atoms with van der Waals surface area (Å²) in [5.74, 6) is 1.64. The van der Waals surface area contributed by atoms with Crippen molar-refractivity contribution in [2.75, 3.05) is 11.5 Å². The topological polar surface area (TPSA) is 33.4 Å². The van der Waals surface area contributed by atoms with Crippen molar-refractivity contribution in [1.82, 2.24) is 0 Å². The van der Waals surface area contributed by atoms with Crippen LogP contribution >= 0.6 is 11.8 Å². The van der Waals surface area contributed by atoms with Crippen LogP contribution in [0.1, 0.15) is 12.2 Å². The molecule has 0 aliphatic carbocycles. The van der Waals surface area contributed by atoms with Gasteiger partial charge in [-0.05, 0) is 24.3 Å². The maximum absolute atomic E-state index is 13.4. The van der Waals surface area contributed by atoms with Gasteiger partial charge in [-0.25, -0.2) is 4.39 Å². The molecule has 0 bridgehead atoms. The fourth-order valence-corrected chi connectivity index (χ4v) is 3.26. The first-order valence-corrected chi connectivity index (χ1v) is 6.33. The lowest BCUT2D eigenvalue weighted by Crippen LogP contribution is -2.23. The molecule has 0 amide bonds. The molecule has 2 nitrogen and oxygen atoms in total. The Kier molecular flexibility index (Phi) is 2.23. The normalized spacial score (nSPS) is 25.4. The van der Waals surface area contributed by atoms with Gasteiger partial charge in [-0.2, -0.15) is 11.8 Å². The zero-order chi connectivity index (χ0) is 11.2. The summed E-state index contributed by atoms with van der Waals surface area (Å²) < 4.78 is 18.9. The third-order valence-electron chi connectivity index (χ3n) is 2.96. The Bertz CT molecular complexity index is 529. The number of aliphatic hydroxyl groups is 1. The third-order valence-corrected chi connectivity index (χ3v) is 4.13. The van der Waals surface area contributed by atoms with E-state index < -0.39 is 5.60 Å². The van der Waals surface area contributed by atoms with Crippen LogP contribution in [0.2, 0.25) is 0 Å². The molecular weight excluding hydrogens is 227 g/mol. The first kappa shape index (κ1) is 10.2. The highest BCUT2D eigenvalue weighted by Crippen LogP contribution is 2.39. The van der Waals surface area contributed by atoms with Crippen molar-refractivity contribution >= 4 is 22.7 Å². The van der Waals surface area contributed by atoms with Crippen LogP contribution in [0.15, 0.2) is 28.7 Å². The molecule has 1 N–H and O–H groups in total. The summed E-state index contributed by atoms with van der Waals surface area (Å²) in [5.41, 5.74) is -0.682. The van der Waals surface area contributed by atoms with Crippen LogP contribution in [0.25, 0.3) is 11.0 Å². The average molecular weight is 238 g/mol. The molecule has 2 aromatic rings. The summed E-state index contributed by atoms with van der Waals surface area (Å²) in [4.78, 5) is 0. The van der Waals surface area contributed by atoms with E-state index in [2.05, 4.69) is 0 Å². The van der Waals surface area contributed by atoms with Gasteiger partial charge >= 0.3 is 0 Å². The molecule has 2 heterocycles. The maximum Gasteiger partial charge on any atom is 0.170 e. The smallest absolute Gasteiger partial charge is 0.170 e. The number of halogens is 1. The maximum atomic E-state index is 13.4. The van der Waals surface area contributed by atoms with Crippen LogP contribution in [0.5, 0.6) is 0 Å². The largest absolute Gasteiger partial charge is 0.455 e. The third kappa shape index (κ3) is 1.44. The van der Waals surface area contributed by atoms with Crippen molar-refractivity contribution in [1.29, 1.82) is 0 Å². The Morgan fingerprint density at radius 1 is 1.44 bits per heavy atom. The van der Waals surface area contributed by atoms with E-state index >= 15 is 0 Å². The number of hydrogen-bond donors (Lipinski definition) is 1. The zero-order valence-electron chi connectivity index (χ0n) is 8.57. The van der Waals surface area contributed by atoms with Gasteiger partial charge in [0.05, 0.1) is 0 Å². The monoisotopic (exact) mass is 238 g/mol. The van der Waals surface area contributed by atoms with E-state index in [4.69, 9.17) is 4.42 Å². The molecule has 1 atom stereocenters. The van der Waals surface area contributed by atoms with Crippen molar-refractivity contribution in [2.24, 2.45) is 0 Å². The van der Waals surface area contributed by atoms with Crippen LogP contribution in [0.4, 0.5) is 4.39 Å². The lowest BCUT2D eigenvalue weighted by atomic mass is 10.0. The van der Waals surface area contributed by atoms with Crippen LogP contribution in [-0.2, 0) is 5.60 Å². The SMILES string of the molecule is OC1(c2cc3cccc(F)c3o2)CCSC1. The molecule has 84 valence electrons. The number of benzene rings is 1. The molecular formula is C12H11FO2S. The Labute approximate surface area is 96.4 Å². The quantitative estimate of drug-likeness (QED) is 0.829. The van der Waals surface area contributed by atoms with Gasteiger partial charge in [-0.15, -0.1) is 0 Å². The van der Waals surface area contributed by atoms with Crippen molar-refractivity contribution < 1.29 is 13.9 Å². The molecule has 1 aliphatic rings. The predicted molar refractivity (Wildman–Crippen MR) is 62.0 cm³/mol. The van der Waals surface area contributed by atoms with Gasteiger partial charge in [-0.3, -0.25) is 0 Å². The average Bonchev–Trinajstić information content (AvgIpc) is 2.85. The van der Waals surface area contributed by atoms with E-state index in [0.717, 1.165) is 5.75 Å². The van der Waals surface area contributed by atoms with Crippen molar-refractivity contribution in [3.05, 3.63) is 35.8 Å². The van der Waals surface area contributed by atoms with Crippen LogP contribution in [0, 0.1) is 5.82 Å². The number of furan rings is 1. The van der Waals surface area contributed by atoms with E-state index in [1.165, 1.54) is 6.07 Å². The van der Waals surface area contributed by atoms with E-state index in [9.17, 15) is 9.50 Å². The number of para-hydroxylation sites is 1. The van der Waals surface area contributed by atoms with Crippen molar-refractivity contribution in [2.45, 2.75) is 12.0 Å². The van der Waals surface area contributed by atoms with E-state index in [1.54, 1.807) is 30.0 Å². The molecule has 4 heteroatoms. The molecule has 0 radical (unpaired) electrons. The van der Waals surface area contributed by atoms with E-state index in [1.807, 2.05) is 0 Å². The van der Waals surface area contributed by atoms with E-state index in [0.29, 0.717) is 23.3 Å². The highest BCUT2D eigenvalue weighted by atomic mass is 32.2. The van der Waals surface area contributed by atoms with Gasteiger partial charge < -0.3 is 9.52 Å². The van der Waals surface area contributed by atoms with Crippen molar-refractivity contribution in [3.63, 3.8) is 0 Å². The highest BCUT2D eigenvalue weighted by molar-refractivity contribution is 7.99. The van der Waals surface area contributed by atoms with Crippen molar-refractivity contribution in [3.8, 4) is 0 Å². The molecule has 1 aliphatic heterocycles. The molecule has 0 saturated carbocycles. The standard InChI is InChI=1S/C12H11FO2S/c13-9-3-1-2-8-6-10(15-11(8)9)12(14)4-5-16-7-12/h1-3,6,14H,4-5,7H2. The Balaban J connectivity index is 2.15. The number of fused-ring (bicyclic) bond motifs is 1. The summed E-state index contributed by atoms with van der Waals surface area (Å²) in [5, 5.41) is 11.0. The van der Waals surface area contributed by atoms with Gasteiger partial charge in [0.25, 0.3) is 0 Å². The molecule has 1 fully saturated rings. The molecule has 1 aromatic heterocycles.